The van der Waals surface area contributed by atoms with E-state index in [0.29, 0.717) is 41.5 Å². The molecular weight excluding hydrogens is 490 g/mol. The van der Waals surface area contributed by atoms with Crippen LogP contribution in [0.3, 0.4) is 0 Å². The molecule has 1 aliphatic rings. The van der Waals surface area contributed by atoms with Crippen LogP contribution < -0.4 is 15.4 Å². The van der Waals surface area contributed by atoms with Gasteiger partial charge in [0.25, 0.3) is 11.8 Å². The van der Waals surface area contributed by atoms with Gasteiger partial charge in [0.1, 0.15) is 17.2 Å². The number of anilines is 2. The molecule has 0 saturated carbocycles. The molecule has 2 amide bonds. The predicted octanol–water partition coefficient (Wildman–Crippen LogP) is 3.16. The molecule has 12 heteroatoms. The van der Waals surface area contributed by atoms with Crippen LogP contribution in [0.4, 0.5) is 11.6 Å². The molecule has 2 aromatic carbocycles. The molecule has 12 nitrogen and oxygen atoms in total. The molecule has 2 aromatic heterocycles. The van der Waals surface area contributed by atoms with Gasteiger partial charge < -0.3 is 24.8 Å². The molecule has 0 unspecified atom stereocenters. The molecule has 0 bridgehead atoms. The number of hydroxylamine groups is 2. The first-order valence-electron chi connectivity index (χ1n) is 12.0. The zero-order chi connectivity index (χ0) is 26.8. The minimum Gasteiger partial charge on any atom is -0.457 e. The fraction of sp³-hybridized carbons (Fsp3) is 0.231. The smallest absolute Gasteiger partial charge is 0.269 e. The second-order valence-corrected chi connectivity index (χ2v) is 8.92. The van der Waals surface area contributed by atoms with Crippen LogP contribution in [0.2, 0.25) is 0 Å². The van der Waals surface area contributed by atoms with Gasteiger partial charge in [-0.3, -0.25) is 25.0 Å². The molecule has 196 valence electrons. The van der Waals surface area contributed by atoms with E-state index in [9.17, 15) is 20.0 Å². The van der Waals surface area contributed by atoms with Crippen LogP contribution in [-0.4, -0.2) is 73.1 Å². The summed E-state index contributed by atoms with van der Waals surface area (Å²) >= 11 is 0. The van der Waals surface area contributed by atoms with Crippen LogP contribution in [0.5, 0.6) is 11.5 Å². The third-order valence-corrected chi connectivity index (χ3v) is 6.44. The van der Waals surface area contributed by atoms with Gasteiger partial charge in [-0.25, -0.2) is 4.98 Å². The van der Waals surface area contributed by atoms with E-state index < -0.39 is 6.04 Å². The number of hydrogen-bond donors (Lipinski definition) is 4. The minimum atomic E-state index is -0.479. The second-order valence-electron chi connectivity index (χ2n) is 8.92. The van der Waals surface area contributed by atoms with Crippen molar-refractivity contribution in [1.29, 1.82) is 0 Å². The van der Waals surface area contributed by atoms with Gasteiger partial charge in [-0.1, -0.05) is 5.23 Å². The molecule has 3 heterocycles. The molecule has 5 rings (SSSR count). The Labute approximate surface area is 218 Å². The lowest BCUT2D eigenvalue weighted by atomic mass is 10.2. The summed E-state index contributed by atoms with van der Waals surface area (Å²) in [6.07, 6.45) is 2.01. The number of carbonyl (C=O) groups is 2. The standard InChI is InChI=1S/C26H27N7O5/c1-27-24(34)22-14-20(9-11-28-22)38-19-7-8-23-21(13-19)30-26(31(23)2)29-17-5-3-16(4-6-17)25(35)32-12-10-18(15-32)33(36)37/h3-9,11,13-14,18,36-37H,10,12,15H2,1-2H3,(H,27,34)(H,29,30)/t18-/m0/s1. The molecule has 4 aromatic rings. The fourth-order valence-corrected chi connectivity index (χ4v) is 4.34. The van der Waals surface area contributed by atoms with Gasteiger partial charge in [0.15, 0.2) is 0 Å². The molecule has 38 heavy (non-hydrogen) atoms. The van der Waals surface area contributed by atoms with Crippen molar-refractivity contribution in [3.63, 3.8) is 0 Å². The zero-order valence-corrected chi connectivity index (χ0v) is 20.8. The number of amides is 2. The number of rotatable bonds is 7. The van der Waals surface area contributed by atoms with Gasteiger partial charge in [-0.2, -0.15) is 0 Å². The molecular formula is C26H27N7O5. The van der Waals surface area contributed by atoms with Crippen LogP contribution in [0.1, 0.15) is 27.3 Å². The highest BCUT2D eigenvalue weighted by atomic mass is 16.8. The Morgan fingerprint density at radius 2 is 1.84 bits per heavy atom. The quantitative estimate of drug-likeness (QED) is 0.272. The average Bonchev–Trinajstić information content (AvgIpc) is 3.54. The number of ether oxygens (including phenoxy) is 1. The van der Waals surface area contributed by atoms with Gasteiger partial charge in [-0.05, 0) is 48.9 Å². The van der Waals surface area contributed by atoms with E-state index in [1.54, 1.807) is 48.3 Å². The Morgan fingerprint density at radius 3 is 2.55 bits per heavy atom. The van der Waals surface area contributed by atoms with Crippen molar-refractivity contribution in [3.8, 4) is 11.5 Å². The van der Waals surface area contributed by atoms with E-state index in [2.05, 4.69) is 20.6 Å². The van der Waals surface area contributed by atoms with Gasteiger partial charge in [-0.15, -0.1) is 0 Å². The first-order chi connectivity index (χ1) is 18.3. The molecule has 0 spiro atoms. The number of fused-ring (bicyclic) bond motifs is 1. The summed E-state index contributed by atoms with van der Waals surface area (Å²) in [5, 5.41) is 24.4. The maximum absolute atomic E-state index is 12.8. The van der Waals surface area contributed by atoms with Crippen molar-refractivity contribution in [3.05, 3.63) is 72.1 Å². The number of benzene rings is 2. The molecule has 1 aliphatic heterocycles. The number of pyridine rings is 1. The first-order valence-corrected chi connectivity index (χ1v) is 12.0. The third-order valence-electron chi connectivity index (χ3n) is 6.44. The van der Waals surface area contributed by atoms with Crippen molar-refractivity contribution < 1.29 is 24.7 Å². The van der Waals surface area contributed by atoms with Crippen LogP contribution >= 0.6 is 0 Å². The van der Waals surface area contributed by atoms with E-state index in [0.717, 1.165) is 11.2 Å². The highest BCUT2D eigenvalue weighted by Crippen LogP contribution is 2.28. The Kier molecular flexibility index (Phi) is 6.92. The summed E-state index contributed by atoms with van der Waals surface area (Å²) in [6, 6.07) is 15.3. The van der Waals surface area contributed by atoms with Crippen molar-refractivity contribution in [1.82, 2.24) is 30.0 Å². The summed E-state index contributed by atoms with van der Waals surface area (Å²) in [7, 11) is 3.43. The molecule has 1 fully saturated rings. The van der Waals surface area contributed by atoms with E-state index in [1.807, 2.05) is 29.8 Å². The number of nitrogens with zero attached hydrogens (tertiary/aromatic N) is 5. The van der Waals surface area contributed by atoms with Crippen LogP contribution in [-0.2, 0) is 7.05 Å². The number of aryl methyl sites for hydroxylation is 1. The number of likely N-dealkylation sites (tertiary alicyclic amines) is 1. The third kappa shape index (κ3) is 5.13. The van der Waals surface area contributed by atoms with Crippen molar-refractivity contribution in [2.45, 2.75) is 12.5 Å². The number of hydrogen-bond acceptors (Lipinski definition) is 9. The summed E-state index contributed by atoms with van der Waals surface area (Å²) in [5.41, 5.74) is 3.13. The molecule has 0 aliphatic carbocycles. The Morgan fingerprint density at radius 1 is 1.08 bits per heavy atom. The summed E-state index contributed by atoms with van der Waals surface area (Å²) in [6.45, 7) is 0.719. The lowest BCUT2D eigenvalue weighted by Gasteiger charge is -2.18. The molecule has 0 radical (unpaired) electrons. The molecule has 4 N–H and O–H groups in total. The lowest BCUT2D eigenvalue weighted by molar-refractivity contribution is -0.328. The predicted molar refractivity (Wildman–Crippen MR) is 138 cm³/mol. The van der Waals surface area contributed by atoms with Crippen LogP contribution in [0.25, 0.3) is 11.0 Å². The Hall–Kier alpha value is -4.52. The highest BCUT2D eigenvalue weighted by molar-refractivity contribution is 5.95. The van der Waals surface area contributed by atoms with Crippen LogP contribution in [0, 0.1) is 0 Å². The SMILES string of the molecule is CNC(=O)c1cc(Oc2ccc3c(c2)nc(Nc2ccc(C(=O)N4CC[C@H](N(O)O)C4)cc2)n3C)ccn1. The number of carbonyl (C=O) groups excluding carboxylic acids is 2. The highest BCUT2D eigenvalue weighted by Gasteiger charge is 2.30. The monoisotopic (exact) mass is 517 g/mol. The van der Waals surface area contributed by atoms with Gasteiger partial charge >= 0.3 is 0 Å². The average molecular weight is 518 g/mol. The summed E-state index contributed by atoms with van der Waals surface area (Å²) in [5.74, 6) is 1.20. The molecule has 1 atom stereocenters. The maximum Gasteiger partial charge on any atom is 0.269 e. The maximum atomic E-state index is 12.8. The minimum absolute atomic E-state index is 0.159. The first kappa shape index (κ1) is 25.1. The Bertz CT molecular complexity index is 1490. The van der Waals surface area contributed by atoms with Gasteiger partial charge in [0, 0.05) is 56.8 Å². The number of aromatic nitrogens is 3. The van der Waals surface area contributed by atoms with Crippen LogP contribution in [0.15, 0.2) is 60.8 Å². The Balaban J connectivity index is 1.28. The largest absolute Gasteiger partial charge is 0.457 e. The molecule has 1 saturated heterocycles. The number of nitrogens with one attached hydrogen (secondary N) is 2. The van der Waals surface area contributed by atoms with Crippen molar-refractivity contribution in [2.75, 3.05) is 25.5 Å². The van der Waals surface area contributed by atoms with Gasteiger partial charge in [0.2, 0.25) is 5.95 Å². The van der Waals surface area contributed by atoms with Crippen molar-refractivity contribution >= 4 is 34.5 Å². The normalized spacial score (nSPS) is 15.2. The topological polar surface area (TPSA) is 145 Å². The van der Waals surface area contributed by atoms with E-state index in [4.69, 9.17) is 4.74 Å². The second kappa shape index (κ2) is 10.5. The van der Waals surface area contributed by atoms with Crippen molar-refractivity contribution in [2.24, 2.45) is 7.05 Å². The van der Waals surface area contributed by atoms with E-state index in [1.165, 1.54) is 6.20 Å². The summed E-state index contributed by atoms with van der Waals surface area (Å²) in [4.78, 5) is 34.9. The van der Waals surface area contributed by atoms with Gasteiger partial charge in [0.05, 0.1) is 17.1 Å². The number of imidazole rings is 1. The van der Waals surface area contributed by atoms with E-state index >= 15 is 0 Å². The summed E-state index contributed by atoms with van der Waals surface area (Å²) < 4.78 is 7.84. The zero-order valence-electron chi connectivity index (χ0n) is 20.8. The van der Waals surface area contributed by atoms with E-state index in [-0.39, 0.29) is 29.3 Å². The fourth-order valence-electron chi connectivity index (χ4n) is 4.34. The lowest BCUT2D eigenvalue weighted by Crippen LogP contribution is -2.35.